The van der Waals surface area contributed by atoms with Gasteiger partial charge in [0.1, 0.15) is 5.82 Å². The standard InChI is InChI=1S/C14H13F3N2S/c15-10-2-4-11(5-3-10)20-8-14(19-18)9-1-6-12(16)13(17)7-9/h1-7,14,19H,8,18H2. The highest BCUT2D eigenvalue weighted by Gasteiger charge is 2.13. The quantitative estimate of drug-likeness (QED) is 0.505. The van der Waals surface area contributed by atoms with Gasteiger partial charge in [-0.2, -0.15) is 0 Å². The average Bonchev–Trinajstić information content (AvgIpc) is 2.45. The van der Waals surface area contributed by atoms with E-state index < -0.39 is 11.6 Å². The Kier molecular flexibility index (Phi) is 5.05. The number of hydrazine groups is 1. The molecule has 0 saturated heterocycles. The van der Waals surface area contributed by atoms with Crippen LogP contribution in [0.1, 0.15) is 11.6 Å². The van der Waals surface area contributed by atoms with E-state index in [9.17, 15) is 13.2 Å². The van der Waals surface area contributed by atoms with E-state index in [1.165, 1.54) is 30.0 Å². The number of thioether (sulfide) groups is 1. The Morgan fingerprint density at radius 3 is 2.30 bits per heavy atom. The topological polar surface area (TPSA) is 38.0 Å². The summed E-state index contributed by atoms with van der Waals surface area (Å²) in [5, 5.41) is 0. The van der Waals surface area contributed by atoms with E-state index >= 15 is 0 Å². The van der Waals surface area contributed by atoms with Crippen LogP contribution in [-0.2, 0) is 0 Å². The first kappa shape index (κ1) is 14.9. The maximum absolute atomic E-state index is 13.2. The fourth-order valence-electron chi connectivity index (χ4n) is 1.68. The summed E-state index contributed by atoms with van der Waals surface area (Å²) in [6.07, 6.45) is 0. The van der Waals surface area contributed by atoms with Gasteiger partial charge in [0.2, 0.25) is 0 Å². The van der Waals surface area contributed by atoms with Gasteiger partial charge in [0.15, 0.2) is 11.6 Å². The summed E-state index contributed by atoms with van der Waals surface area (Å²) in [5.74, 6) is 3.85. The SMILES string of the molecule is NNC(CSc1ccc(F)cc1)c1ccc(F)c(F)c1. The van der Waals surface area contributed by atoms with Crippen LogP contribution in [0, 0.1) is 17.5 Å². The molecule has 0 aliphatic carbocycles. The van der Waals surface area contributed by atoms with Gasteiger partial charge in [0, 0.05) is 10.6 Å². The molecule has 0 aliphatic heterocycles. The molecule has 0 fully saturated rings. The third-order valence-electron chi connectivity index (χ3n) is 2.78. The Balaban J connectivity index is 2.05. The van der Waals surface area contributed by atoms with Crippen LogP contribution in [-0.4, -0.2) is 5.75 Å². The number of rotatable bonds is 5. The lowest BCUT2D eigenvalue weighted by atomic mass is 10.1. The predicted octanol–water partition coefficient (Wildman–Crippen LogP) is 3.40. The molecule has 2 rings (SSSR count). The van der Waals surface area contributed by atoms with Crippen molar-refractivity contribution in [2.75, 3.05) is 5.75 Å². The van der Waals surface area contributed by atoms with Crippen LogP contribution in [0.2, 0.25) is 0 Å². The van der Waals surface area contributed by atoms with Crippen LogP contribution < -0.4 is 11.3 Å². The molecule has 6 heteroatoms. The zero-order valence-electron chi connectivity index (χ0n) is 10.4. The highest BCUT2D eigenvalue weighted by Crippen LogP contribution is 2.25. The highest BCUT2D eigenvalue weighted by molar-refractivity contribution is 7.99. The fourth-order valence-corrected chi connectivity index (χ4v) is 2.66. The summed E-state index contributed by atoms with van der Waals surface area (Å²) in [6, 6.07) is 9.37. The second kappa shape index (κ2) is 6.78. The minimum Gasteiger partial charge on any atom is -0.271 e. The molecule has 2 aromatic rings. The van der Waals surface area contributed by atoms with Crippen molar-refractivity contribution in [1.82, 2.24) is 5.43 Å². The average molecular weight is 298 g/mol. The van der Waals surface area contributed by atoms with Crippen molar-refractivity contribution in [2.45, 2.75) is 10.9 Å². The molecule has 0 spiro atoms. The van der Waals surface area contributed by atoms with Gasteiger partial charge in [-0.15, -0.1) is 11.8 Å². The predicted molar refractivity (Wildman–Crippen MR) is 73.5 cm³/mol. The lowest BCUT2D eigenvalue weighted by molar-refractivity contribution is 0.502. The molecule has 1 unspecified atom stereocenters. The lowest BCUT2D eigenvalue weighted by Crippen LogP contribution is -2.29. The number of benzene rings is 2. The van der Waals surface area contributed by atoms with E-state index in [-0.39, 0.29) is 11.9 Å². The summed E-state index contributed by atoms with van der Waals surface area (Å²) in [6.45, 7) is 0. The van der Waals surface area contributed by atoms with E-state index in [0.29, 0.717) is 11.3 Å². The van der Waals surface area contributed by atoms with Crippen LogP contribution in [0.15, 0.2) is 47.4 Å². The summed E-state index contributed by atoms with van der Waals surface area (Å²) < 4.78 is 38.9. The van der Waals surface area contributed by atoms with Gasteiger partial charge in [0.05, 0.1) is 6.04 Å². The Bertz CT molecular complexity index is 575. The molecular formula is C14H13F3N2S. The molecule has 0 aromatic heterocycles. The number of hydrogen-bond donors (Lipinski definition) is 2. The maximum Gasteiger partial charge on any atom is 0.159 e. The maximum atomic E-state index is 13.2. The Morgan fingerprint density at radius 1 is 1.00 bits per heavy atom. The fraction of sp³-hybridized carbons (Fsp3) is 0.143. The molecule has 1 atom stereocenters. The van der Waals surface area contributed by atoms with Gasteiger partial charge in [-0.1, -0.05) is 6.07 Å². The minimum absolute atomic E-state index is 0.302. The number of nitrogens with one attached hydrogen (secondary N) is 1. The minimum atomic E-state index is -0.908. The molecule has 0 bridgehead atoms. The molecule has 0 radical (unpaired) electrons. The summed E-state index contributed by atoms with van der Waals surface area (Å²) in [4.78, 5) is 0.870. The normalized spacial score (nSPS) is 12.4. The third-order valence-corrected chi connectivity index (χ3v) is 3.88. The summed E-state index contributed by atoms with van der Waals surface area (Å²) in [7, 11) is 0. The Labute approximate surface area is 119 Å². The lowest BCUT2D eigenvalue weighted by Gasteiger charge is -2.16. The zero-order valence-corrected chi connectivity index (χ0v) is 11.3. The van der Waals surface area contributed by atoms with Gasteiger partial charge < -0.3 is 0 Å². The smallest absolute Gasteiger partial charge is 0.159 e. The molecule has 20 heavy (non-hydrogen) atoms. The molecular weight excluding hydrogens is 285 g/mol. The molecule has 3 N–H and O–H groups in total. The van der Waals surface area contributed by atoms with E-state index in [1.807, 2.05) is 0 Å². The van der Waals surface area contributed by atoms with Crippen molar-refractivity contribution in [1.29, 1.82) is 0 Å². The summed E-state index contributed by atoms with van der Waals surface area (Å²) in [5.41, 5.74) is 3.12. The molecule has 0 aliphatic rings. The van der Waals surface area contributed by atoms with Crippen molar-refractivity contribution >= 4 is 11.8 Å². The van der Waals surface area contributed by atoms with Crippen LogP contribution in [0.3, 0.4) is 0 Å². The number of nitrogens with two attached hydrogens (primary N) is 1. The van der Waals surface area contributed by atoms with Gasteiger partial charge >= 0.3 is 0 Å². The third kappa shape index (κ3) is 3.75. The molecule has 106 valence electrons. The molecule has 2 aromatic carbocycles. The largest absolute Gasteiger partial charge is 0.271 e. The highest BCUT2D eigenvalue weighted by atomic mass is 32.2. The van der Waals surface area contributed by atoms with Crippen molar-refractivity contribution in [3.8, 4) is 0 Å². The van der Waals surface area contributed by atoms with Gasteiger partial charge in [-0.3, -0.25) is 11.3 Å². The van der Waals surface area contributed by atoms with Crippen molar-refractivity contribution in [3.63, 3.8) is 0 Å². The van der Waals surface area contributed by atoms with E-state index in [2.05, 4.69) is 5.43 Å². The van der Waals surface area contributed by atoms with Crippen LogP contribution >= 0.6 is 11.8 Å². The molecule has 0 saturated carbocycles. The first-order chi connectivity index (χ1) is 9.60. The van der Waals surface area contributed by atoms with Crippen molar-refractivity contribution in [3.05, 3.63) is 65.5 Å². The van der Waals surface area contributed by atoms with Crippen LogP contribution in [0.4, 0.5) is 13.2 Å². The van der Waals surface area contributed by atoms with E-state index in [0.717, 1.165) is 17.0 Å². The molecule has 2 nitrogen and oxygen atoms in total. The first-order valence-electron chi connectivity index (χ1n) is 5.89. The van der Waals surface area contributed by atoms with E-state index in [4.69, 9.17) is 5.84 Å². The molecule has 0 amide bonds. The van der Waals surface area contributed by atoms with Crippen molar-refractivity contribution < 1.29 is 13.2 Å². The Hall–Kier alpha value is -1.50. The molecule has 0 heterocycles. The second-order valence-corrected chi connectivity index (χ2v) is 5.25. The number of hydrogen-bond acceptors (Lipinski definition) is 3. The van der Waals surface area contributed by atoms with E-state index in [1.54, 1.807) is 12.1 Å². The van der Waals surface area contributed by atoms with Gasteiger partial charge in [0.25, 0.3) is 0 Å². The van der Waals surface area contributed by atoms with Crippen LogP contribution in [0.5, 0.6) is 0 Å². The second-order valence-electron chi connectivity index (χ2n) is 4.16. The zero-order chi connectivity index (χ0) is 14.5. The monoisotopic (exact) mass is 298 g/mol. The van der Waals surface area contributed by atoms with Gasteiger partial charge in [-0.25, -0.2) is 13.2 Å². The first-order valence-corrected chi connectivity index (χ1v) is 6.88. The van der Waals surface area contributed by atoms with Gasteiger partial charge in [-0.05, 0) is 42.0 Å². The number of halogens is 3. The Morgan fingerprint density at radius 2 is 1.70 bits per heavy atom. The summed E-state index contributed by atoms with van der Waals surface area (Å²) >= 11 is 1.44. The van der Waals surface area contributed by atoms with Crippen molar-refractivity contribution in [2.24, 2.45) is 5.84 Å². The van der Waals surface area contributed by atoms with Crippen LogP contribution in [0.25, 0.3) is 0 Å².